The molecule has 0 spiro atoms. The second-order valence-corrected chi connectivity index (χ2v) is 8.17. The molecule has 0 aliphatic carbocycles. The maximum absolute atomic E-state index is 13.6. The topological polar surface area (TPSA) is 47.4 Å². The average Bonchev–Trinajstić information content (AvgIpc) is 3.12. The van der Waals surface area contributed by atoms with Crippen molar-refractivity contribution in [2.75, 3.05) is 33.9 Å². The van der Waals surface area contributed by atoms with Gasteiger partial charge in [0.15, 0.2) is 0 Å². The maximum atomic E-state index is 13.6. The van der Waals surface area contributed by atoms with Crippen LogP contribution in [0.2, 0.25) is 0 Å². The van der Waals surface area contributed by atoms with E-state index >= 15 is 0 Å². The molecule has 1 aliphatic heterocycles. The Morgan fingerprint density at radius 1 is 1.25 bits per heavy atom. The van der Waals surface area contributed by atoms with E-state index < -0.39 is 0 Å². The Morgan fingerprint density at radius 2 is 1.96 bits per heavy atom. The summed E-state index contributed by atoms with van der Waals surface area (Å²) >= 11 is 1.46. The van der Waals surface area contributed by atoms with Gasteiger partial charge in [0.2, 0.25) is 0 Å². The summed E-state index contributed by atoms with van der Waals surface area (Å²) in [4.78, 5) is 21.5. The van der Waals surface area contributed by atoms with Crippen LogP contribution in [-0.4, -0.2) is 48.3 Å². The molecule has 28 heavy (non-hydrogen) atoms. The normalized spacial score (nSPS) is 16.1. The zero-order valence-electron chi connectivity index (χ0n) is 16.2. The number of likely N-dealkylation sites (tertiary alicyclic amines) is 1. The molecule has 7 heteroatoms. The third-order valence-corrected chi connectivity index (χ3v) is 6.32. The van der Waals surface area contributed by atoms with Crippen molar-refractivity contribution in [1.82, 2.24) is 14.5 Å². The minimum atomic E-state index is -0.285. The zero-order valence-corrected chi connectivity index (χ0v) is 17.0. The van der Waals surface area contributed by atoms with Crippen LogP contribution in [0.3, 0.4) is 0 Å². The molecule has 3 aromatic rings. The van der Waals surface area contributed by atoms with Gasteiger partial charge >= 0.3 is 0 Å². The van der Waals surface area contributed by atoms with Gasteiger partial charge in [-0.1, -0.05) is 12.1 Å². The maximum Gasteiger partial charge on any atom is 0.263 e. The van der Waals surface area contributed by atoms with Gasteiger partial charge in [-0.3, -0.25) is 9.36 Å². The quantitative estimate of drug-likeness (QED) is 0.654. The summed E-state index contributed by atoms with van der Waals surface area (Å²) in [5.74, 6) is 0.508. The van der Waals surface area contributed by atoms with Gasteiger partial charge in [-0.2, -0.15) is 0 Å². The van der Waals surface area contributed by atoms with E-state index in [9.17, 15) is 9.18 Å². The number of thiophene rings is 1. The van der Waals surface area contributed by atoms with Crippen molar-refractivity contribution in [3.05, 3.63) is 51.6 Å². The van der Waals surface area contributed by atoms with E-state index in [0.29, 0.717) is 18.4 Å². The molecule has 0 N–H and O–H groups in total. The van der Waals surface area contributed by atoms with Crippen molar-refractivity contribution in [3.8, 4) is 11.1 Å². The van der Waals surface area contributed by atoms with Gasteiger partial charge < -0.3 is 9.64 Å². The standard InChI is InChI=1S/C21H24FN3O2S/c1-24-10-7-16(8-11-24)25-18(9-12-27-2)23-20-19(21(25)26)17(13-28-20)14-3-5-15(22)6-4-14/h3-6,13,16H,7-12H2,1-2H3. The van der Waals surface area contributed by atoms with Crippen molar-refractivity contribution in [2.45, 2.75) is 25.3 Å². The van der Waals surface area contributed by atoms with E-state index in [-0.39, 0.29) is 17.4 Å². The number of halogens is 1. The molecule has 1 aliphatic rings. The molecular weight excluding hydrogens is 377 g/mol. The second kappa shape index (κ2) is 8.11. The first-order valence-electron chi connectivity index (χ1n) is 9.54. The molecule has 148 valence electrons. The van der Waals surface area contributed by atoms with Crippen LogP contribution >= 0.6 is 11.3 Å². The Bertz CT molecular complexity index is 1020. The van der Waals surface area contributed by atoms with Crippen LogP contribution in [0, 0.1) is 5.82 Å². The molecule has 0 bridgehead atoms. The fourth-order valence-corrected chi connectivity index (χ4v) is 4.84. The molecule has 3 heterocycles. The molecule has 1 saturated heterocycles. The number of piperidine rings is 1. The number of methoxy groups -OCH3 is 1. The number of aromatic nitrogens is 2. The van der Waals surface area contributed by atoms with Crippen LogP contribution in [0.5, 0.6) is 0 Å². The molecule has 1 fully saturated rings. The predicted octanol–water partition coefficient (Wildman–Crippen LogP) is 3.72. The minimum absolute atomic E-state index is 0.00577. The summed E-state index contributed by atoms with van der Waals surface area (Å²) in [6.45, 7) is 2.46. The number of fused-ring (bicyclic) bond motifs is 1. The molecule has 0 unspecified atom stereocenters. The summed E-state index contributed by atoms with van der Waals surface area (Å²) in [5.41, 5.74) is 1.68. The highest BCUT2D eigenvalue weighted by atomic mass is 32.1. The van der Waals surface area contributed by atoms with E-state index in [0.717, 1.165) is 47.7 Å². The Hall–Kier alpha value is -2.09. The fourth-order valence-electron chi connectivity index (χ4n) is 3.89. The lowest BCUT2D eigenvalue weighted by Gasteiger charge is -2.31. The molecular formula is C21H24FN3O2S. The molecule has 4 rings (SSSR count). The van der Waals surface area contributed by atoms with E-state index in [4.69, 9.17) is 9.72 Å². The van der Waals surface area contributed by atoms with Crippen LogP contribution in [0.25, 0.3) is 21.3 Å². The summed E-state index contributed by atoms with van der Waals surface area (Å²) < 4.78 is 20.5. The zero-order chi connectivity index (χ0) is 19.7. The third-order valence-electron chi connectivity index (χ3n) is 5.45. The van der Waals surface area contributed by atoms with Crippen LogP contribution in [0.15, 0.2) is 34.4 Å². The average molecular weight is 402 g/mol. The smallest absolute Gasteiger partial charge is 0.263 e. The number of benzene rings is 1. The van der Waals surface area contributed by atoms with Gasteiger partial charge in [-0.15, -0.1) is 11.3 Å². The van der Waals surface area contributed by atoms with E-state index in [2.05, 4.69) is 11.9 Å². The number of nitrogens with zero attached hydrogens (tertiary/aromatic N) is 3. The highest BCUT2D eigenvalue weighted by molar-refractivity contribution is 7.17. The Labute approximate surface area is 167 Å². The van der Waals surface area contributed by atoms with Crippen molar-refractivity contribution in [3.63, 3.8) is 0 Å². The Kier molecular flexibility index (Phi) is 5.57. The first-order chi connectivity index (χ1) is 13.6. The predicted molar refractivity (Wildman–Crippen MR) is 111 cm³/mol. The summed E-state index contributed by atoms with van der Waals surface area (Å²) in [7, 11) is 3.77. The summed E-state index contributed by atoms with van der Waals surface area (Å²) in [6.07, 6.45) is 2.47. The molecule has 0 saturated carbocycles. The van der Waals surface area contributed by atoms with Crippen LogP contribution in [0.4, 0.5) is 4.39 Å². The summed E-state index contributed by atoms with van der Waals surface area (Å²) in [6, 6.07) is 6.43. The van der Waals surface area contributed by atoms with Crippen molar-refractivity contribution in [1.29, 1.82) is 0 Å². The van der Waals surface area contributed by atoms with Crippen LogP contribution in [-0.2, 0) is 11.2 Å². The molecule has 5 nitrogen and oxygen atoms in total. The number of hydrogen-bond acceptors (Lipinski definition) is 5. The largest absolute Gasteiger partial charge is 0.384 e. The highest BCUT2D eigenvalue weighted by Crippen LogP contribution is 2.32. The SMILES string of the molecule is COCCc1nc2scc(-c3ccc(F)cc3)c2c(=O)n1C1CCN(C)CC1. The minimum Gasteiger partial charge on any atom is -0.384 e. The van der Waals surface area contributed by atoms with Gasteiger partial charge in [0, 0.05) is 30.5 Å². The molecule has 0 amide bonds. The number of rotatable bonds is 5. The van der Waals surface area contributed by atoms with Crippen LogP contribution in [0.1, 0.15) is 24.7 Å². The fraction of sp³-hybridized carbons (Fsp3) is 0.429. The van der Waals surface area contributed by atoms with E-state index in [1.165, 1.54) is 23.5 Å². The second-order valence-electron chi connectivity index (χ2n) is 7.32. The number of hydrogen-bond donors (Lipinski definition) is 0. The molecule has 0 atom stereocenters. The monoisotopic (exact) mass is 401 g/mol. The lowest BCUT2D eigenvalue weighted by Crippen LogP contribution is -2.37. The molecule has 1 aromatic carbocycles. The van der Waals surface area contributed by atoms with Gasteiger partial charge in [0.25, 0.3) is 5.56 Å². The molecule has 2 aromatic heterocycles. The van der Waals surface area contributed by atoms with E-state index in [1.807, 2.05) is 9.95 Å². The van der Waals surface area contributed by atoms with Gasteiger partial charge in [-0.05, 0) is 50.7 Å². The van der Waals surface area contributed by atoms with Crippen molar-refractivity contribution >= 4 is 21.6 Å². The Balaban J connectivity index is 1.86. The lowest BCUT2D eigenvalue weighted by molar-refractivity contribution is 0.191. The van der Waals surface area contributed by atoms with Gasteiger partial charge in [0.1, 0.15) is 16.5 Å². The van der Waals surface area contributed by atoms with Gasteiger partial charge in [0.05, 0.1) is 12.0 Å². The Morgan fingerprint density at radius 3 is 2.64 bits per heavy atom. The summed E-state index contributed by atoms with van der Waals surface area (Å²) in [5, 5.41) is 2.59. The number of ether oxygens (including phenoxy) is 1. The lowest BCUT2D eigenvalue weighted by atomic mass is 10.0. The van der Waals surface area contributed by atoms with Gasteiger partial charge in [-0.25, -0.2) is 9.37 Å². The molecule has 0 radical (unpaired) electrons. The van der Waals surface area contributed by atoms with Crippen molar-refractivity contribution < 1.29 is 9.13 Å². The first kappa shape index (κ1) is 19.2. The highest BCUT2D eigenvalue weighted by Gasteiger charge is 2.25. The first-order valence-corrected chi connectivity index (χ1v) is 10.4. The van der Waals surface area contributed by atoms with Crippen LogP contribution < -0.4 is 5.56 Å². The van der Waals surface area contributed by atoms with Crippen molar-refractivity contribution in [2.24, 2.45) is 0 Å². The van der Waals surface area contributed by atoms with E-state index in [1.54, 1.807) is 19.2 Å². The third kappa shape index (κ3) is 3.62.